The van der Waals surface area contributed by atoms with E-state index in [1.54, 1.807) is 25.1 Å². The van der Waals surface area contributed by atoms with Crippen LogP contribution in [-0.4, -0.2) is 77.0 Å². The Labute approximate surface area is 200 Å². The lowest BCUT2D eigenvalue weighted by molar-refractivity contribution is -0.136. The molecular weight excluding hydrogens is 437 g/mol. The number of carbonyl (C=O) groups is 2. The summed E-state index contributed by atoms with van der Waals surface area (Å²) in [6.45, 7) is 5.86. The average molecular weight is 472 g/mol. The van der Waals surface area contributed by atoms with E-state index >= 15 is 0 Å². The van der Waals surface area contributed by atoms with Crippen LogP contribution in [0.15, 0.2) is 34.9 Å². The molecule has 4 rings (SSSR count). The standard InChI is InChI=1S/C25H34FN5O3/c1-19-15-23(28-34-19)27-24(32)17-29-11-13-30(14-12-29)18-25(33)31(22-5-3-2-4-6-22)16-20-7-9-21(26)10-8-20/h7-10,15,22H,2-6,11-14,16-18H2,1H3,(H,27,28,32). The molecule has 1 N–H and O–H groups in total. The summed E-state index contributed by atoms with van der Waals surface area (Å²) in [5, 5.41) is 6.54. The van der Waals surface area contributed by atoms with E-state index in [1.807, 2.05) is 4.90 Å². The molecule has 2 aliphatic rings. The number of nitrogens with zero attached hydrogens (tertiary/aromatic N) is 4. The van der Waals surface area contributed by atoms with Crippen LogP contribution in [0.3, 0.4) is 0 Å². The van der Waals surface area contributed by atoms with Crippen LogP contribution in [0.4, 0.5) is 10.2 Å². The Morgan fingerprint density at radius 2 is 1.71 bits per heavy atom. The molecule has 1 aliphatic carbocycles. The third-order valence-electron chi connectivity index (χ3n) is 6.69. The molecule has 1 saturated heterocycles. The van der Waals surface area contributed by atoms with Crippen molar-refractivity contribution >= 4 is 17.6 Å². The van der Waals surface area contributed by atoms with Crippen molar-refractivity contribution < 1.29 is 18.5 Å². The Balaban J connectivity index is 1.27. The molecule has 2 heterocycles. The lowest BCUT2D eigenvalue weighted by Crippen LogP contribution is -2.52. The van der Waals surface area contributed by atoms with Crippen molar-refractivity contribution in [2.75, 3.05) is 44.6 Å². The largest absolute Gasteiger partial charge is 0.360 e. The molecule has 1 aromatic heterocycles. The number of hydrogen-bond donors (Lipinski definition) is 1. The second kappa shape index (κ2) is 11.6. The zero-order valence-corrected chi connectivity index (χ0v) is 19.8. The van der Waals surface area contributed by atoms with Crippen molar-refractivity contribution in [3.8, 4) is 0 Å². The number of anilines is 1. The van der Waals surface area contributed by atoms with E-state index in [2.05, 4.69) is 20.3 Å². The number of amides is 2. The number of benzene rings is 1. The van der Waals surface area contributed by atoms with Gasteiger partial charge in [-0.15, -0.1) is 0 Å². The zero-order chi connectivity index (χ0) is 23.9. The van der Waals surface area contributed by atoms with Crippen LogP contribution in [0.25, 0.3) is 0 Å². The molecule has 2 aromatic rings. The second-order valence-corrected chi connectivity index (χ2v) is 9.36. The van der Waals surface area contributed by atoms with E-state index in [0.29, 0.717) is 24.7 Å². The summed E-state index contributed by atoms with van der Waals surface area (Å²) in [7, 11) is 0. The van der Waals surface area contributed by atoms with Gasteiger partial charge in [-0.05, 0) is 37.5 Å². The molecule has 0 unspecified atom stereocenters. The van der Waals surface area contributed by atoms with Gasteiger partial charge < -0.3 is 14.7 Å². The summed E-state index contributed by atoms with van der Waals surface area (Å²) in [6, 6.07) is 8.38. The molecule has 0 atom stereocenters. The molecular formula is C25H34FN5O3. The van der Waals surface area contributed by atoms with Crippen LogP contribution in [0.2, 0.25) is 0 Å². The summed E-state index contributed by atoms with van der Waals surface area (Å²) in [4.78, 5) is 31.9. The first-order valence-corrected chi connectivity index (χ1v) is 12.2. The van der Waals surface area contributed by atoms with E-state index in [9.17, 15) is 14.0 Å². The van der Waals surface area contributed by atoms with Crippen molar-refractivity contribution in [1.29, 1.82) is 0 Å². The van der Waals surface area contributed by atoms with E-state index in [1.165, 1.54) is 18.6 Å². The van der Waals surface area contributed by atoms with E-state index in [-0.39, 0.29) is 30.2 Å². The highest BCUT2D eigenvalue weighted by molar-refractivity contribution is 5.91. The number of rotatable bonds is 8. The molecule has 8 nitrogen and oxygen atoms in total. The van der Waals surface area contributed by atoms with Gasteiger partial charge in [-0.25, -0.2) is 4.39 Å². The van der Waals surface area contributed by atoms with Crippen LogP contribution < -0.4 is 5.32 Å². The maximum Gasteiger partial charge on any atom is 0.239 e. The Bertz CT molecular complexity index is 950. The van der Waals surface area contributed by atoms with Crippen molar-refractivity contribution in [1.82, 2.24) is 19.9 Å². The van der Waals surface area contributed by atoms with Gasteiger partial charge in [-0.2, -0.15) is 0 Å². The first-order valence-electron chi connectivity index (χ1n) is 12.2. The molecule has 184 valence electrons. The normalized spacial score (nSPS) is 18.1. The van der Waals surface area contributed by atoms with Crippen molar-refractivity contribution in [2.24, 2.45) is 0 Å². The number of carbonyl (C=O) groups excluding carboxylic acids is 2. The van der Waals surface area contributed by atoms with Gasteiger partial charge >= 0.3 is 0 Å². The average Bonchev–Trinajstić information content (AvgIpc) is 3.24. The van der Waals surface area contributed by atoms with E-state index in [4.69, 9.17) is 4.52 Å². The van der Waals surface area contributed by atoms with Crippen molar-refractivity contribution in [3.05, 3.63) is 47.5 Å². The Morgan fingerprint density at radius 3 is 2.32 bits per heavy atom. The van der Waals surface area contributed by atoms with Crippen LogP contribution in [0.5, 0.6) is 0 Å². The number of halogens is 1. The summed E-state index contributed by atoms with van der Waals surface area (Å²) < 4.78 is 18.3. The molecule has 9 heteroatoms. The predicted octanol–water partition coefficient (Wildman–Crippen LogP) is 3.04. The Hall–Kier alpha value is -2.78. The second-order valence-electron chi connectivity index (χ2n) is 9.36. The number of nitrogens with one attached hydrogen (secondary N) is 1. The van der Waals surface area contributed by atoms with Gasteiger partial charge in [-0.1, -0.05) is 36.6 Å². The van der Waals surface area contributed by atoms with Gasteiger partial charge in [-0.3, -0.25) is 19.4 Å². The molecule has 2 fully saturated rings. The third-order valence-corrected chi connectivity index (χ3v) is 6.69. The lowest BCUT2D eigenvalue weighted by atomic mass is 9.93. The van der Waals surface area contributed by atoms with Gasteiger partial charge in [0.15, 0.2) is 5.82 Å². The minimum Gasteiger partial charge on any atom is -0.360 e. The molecule has 0 bridgehead atoms. The van der Waals surface area contributed by atoms with Gasteiger partial charge in [0.1, 0.15) is 11.6 Å². The fraction of sp³-hybridized carbons (Fsp3) is 0.560. The van der Waals surface area contributed by atoms with Crippen LogP contribution in [-0.2, 0) is 16.1 Å². The molecule has 1 saturated carbocycles. The summed E-state index contributed by atoms with van der Waals surface area (Å²) in [6.07, 6.45) is 5.57. The van der Waals surface area contributed by atoms with Crippen LogP contribution >= 0.6 is 0 Å². The minimum absolute atomic E-state index is 0.124. The molecule has 2 amide bonds. The molecule has 1 aliphatic heterocycles. The fourth-order valence-corrected chi connectivity index (χ4v) is 4.80. The number of piperazine rings is 1. The number of aromatic nitrogens is 1. The van der Waals surface area contributed by atoms with Crippen molar-refractivity contribution in [2.45, 2.75) is 51.6 Å². The predicted molar refractivity (Wildman–Crippen MR) is 127 cm³/mol. The van der Waals surface area contributed by atoms with Crippen LogP contribution in [0.1, 0.15) is 43.4 Å². The first kappa shape index (κ1) is 24.3. The highest BCUT2D eigenvalue weighted by Crippen LogP contribution is 2.24. The first-order chi connectivity index (χ1) is 16.5. The van der Waals surface area contributed by atoms with Gasteiger partial charge in [0.05, 0.1) is 13.1 Å². The van der Waals surface area contributed by atoms with E-state index < -0.39 is 0 Å². The SMILES string of the molecule is Cc1cc(NC(=O)CN2CCN(CC(=O)N(Cc3ccc(F)cc3)C3CCCCC3)CC2)no1. The highest BCUT2D eigenvalue weighted by Gasteiger charge is 2.28. The van der Waals surface area contributed by atoms with E-state index in [0.717, 1.165) is 57.4 Å². The third kappa shape index (κ3) is 6.87. The monoisotopic (exact) mass is 471 g/mol. The molecule has 1 aromatic carbocycles. The lowest BCUT2D eigenvalue weighted by Gasteiger charge is -2.38. The zero-order valence-electron chi connectivity index (χ0n) is 19.8. The quantitative estimate of drug-likeness (QED) is 0.637. The van der Waals surface area contributed by atoms with Gasteiger partial charge in [0.2, 0.25) is 11.8 Å². The fourth-order valence-electron chi connectivity index (χ4n) is 4.80. The maximum absolute atomic E-state index is 13.4. The minimum atomic E-state index is -0.262. The molecule has 0 spiro atoms. The van der Waals surface area contributed by atoms with Gasteiger partial charge in [0.25, 0.3) is 0 Å². The van der Waals surface area contributed by atoms with Crippen molar-refractivity contribution in [3.63, 3.8) is 0 Å². The topological polar surface area (TPSA) is 81.9 Å². The summed E-state index contributed by atoms with van der Waals surface area (Å²) in [5.74, 6) is 0.817. The Morgan fingerprint density at radius 1 is 1.06 bits per heavy atom. The maximum atomic E-state index is 13.4. The number of hydrogen-bond acceptors (Lipinski definition) is 6. The van der Waals surface area contributed by atoms with Crippen LogP contribution in [0, 0.1) is 12.7 Å². The molecule has 0 radical (unpaired) electrons. The van der Waals surface area contributed by atoms with Gasteiger partial charge in [0, 0.05) is 44.8 Å². The summed E-state index contributed by atoms with van der Waals surface area (Å²) >= 11 is 0. The number of aryl methyl sites for hydroxylation is 1. The highest BCUT2D eigenvalue weighted by atomic mass is 19.1. The molecule has 34 heavy (non-hydrogen) atoms. The summed E-state index contributed by atoms with van der Waals surface area (Å²) in [5.41, 5.74) is 0.957. The Kier molecular flexibility index (Phi) is 8.29. The smallest absolute Gasteiger partial charge is 0.239 e.